The van der Waals surface area contributed by atoms with Crippen LogP contribution in [0.2, 0.25) is 0 Å². The summed E-state index contributed by atoms with van der Waals surface area (Å²) in [5.41, 5.74) is 2.56. The Morgan fingerprint density at radius 2 is 1.50 bits per heavy atom. The molecule has 137 valence electrons. The molecule has 0 saturated carbocycles. The fourth-order valence-electron chi connectivity index (χ4n) is 3.32. The van der Waals surface area contributed by atoms with Gasteiger partial charge in [-0.05, 0) is 30.9 Å². The first kappa shape index (κ1) is 18.5. The third kappa shape index (κ3) is 5.60. The molecular weight excluding hydrogens is 322 g/mol. The van der Waals surface area contributed by atoms with Crippen LogP contribution >= 0.6 is 0 Å². The van der Waals surface area contributed by atoms with Gasteiger partial charge in [0.15, 0.2) is 0 Å². The normalized spacial score (nSPS) is 16.3. The summed E-state index contributed by atoms with van der Waals surface area (Å²) >= 11 is 0. The zero-order valence-corrected chi connectivity index (χ0v) is 15.3. The fourth-order valence-corrected chi connectivity index (χ4v) is 3.32. The van der Waals surface area contributed by atoms with Crippen LogP contribution in [0.5, 0.6) is 0 Å². The number of amides is 2. The highest BCUT2D eigenvalue weighted by molar-refractivity contribution is 5.74. The van der Waals surface area contributed by atoms with E-state index in [2.05, 4.69) is 59.6 Å². The molecule has 0 aliphatic carbocycles. The Labute approximate surface area is 156 Å². The van der Waals surface area contributed by atoms with Gasteiger partial charge in [-0.2, -0.15) is 0 Å². The maximum absolute atomic E-state index is 12.4. The lowest BCUT2D eigenvalue weighted by Crippen LogP contribution is -2.53. The van der Waals surface area contributed by atoms with Gasteiger partial charge in [0.2, 0.25) is 0 Å². The van der Waals surface area contributed by atoms with Crippen LogP contribution in [0.1, 0.15) is 11.1 Å². The van der Waals surface area contributed by atoms with Crippen LogP contribution < -0.4 is 5.32 Å². The maximum Gasteiger partial charge on any atom is 0.317 e. The molecule has 2 aromatic carbocycles. The number of carbonyl (C=O) groups excluding carboxylic acids is 1. The third-order valence-corrected chi connectivity index (χ3v) is 4.87. The summed E-state index contributed by atoms with van der Waals surface area (Å²) in [4.78, 5) is 16.8. The van der Waals surface area contributed by atoms with Crippen LogP contribution in [0.25, 0.3) is 0 Å². The number of benzene rings is 2. The summed E-state index contributed by atoms with van der Waals surface area (Å²) in [5, 5.41) is 3.03. The van der Waals surface area contributed by atoms with Gasteiger partial charge in [-0.15, -0.1) is 0 Å². The van der Waals surface area contributed by atoms with E-state index in [0.717, 1.165) is 45.6 Å². The third-order valence-electron chi connectivity index (χ3n) is 4.87. The Morgan fingerprint density at radius 3 is 2.12 bits per heavy atom. The summed E-state index contributed by atoms with van der Waals surface area (Å²) in [6.07, 6.45) is 1.81. The average Bonchev–Trinajstić information content (AvgIpc) is 2.68. The highest BCUT2D eigenvalue weighted by Crippen LogP contribution is 2.07. The largest absolute Gasteiger partial charge is 0.335 e. The minimum absolute atomic E-state index is 0.00337. The number of rotatable bonds is 6. The summed E-state index contributed by atoms with van der Waals surface area (Å²) in [7, 11) is 0. The van der Waals surface area contributed by atoms with Crippen molar-refractivity contribution in [3.63, 3.8) is 0 Å². The minimum Gasteiger partial charge on any atom is -0.335 e. The number of urea groups is 1. The van der Waals surface area contributed by atoms with Gasteiger partial charge >= 0.3 is 6.03 Å². The van der Waals surface area contributed by atoms with Crippen molar-refractivity contribution in [2.24, 2.45) is 0 Å². The zero-order chi connectivity index (χ0) is 18.2. The molecule has 2 aromatic rings. The molecule has 1 N–H and O–H groups in total. The molecule has 0 bridgehead atoms. The Balaban J connectivity index is 1.38. The molecule has 0 unspecified atom stereocenters. The Morgan fingerprint density at radius 1 is 0.923 bits per heavy atom. The van der Waals surface area contributed by atoms with Crippen LogP contribution in [-0.4, -0.2) is 54.6 Å². The van der Waals surface area contributed by atoms with Crippen molar-refractivity contribution in [3.05, 3.63) is 78.7 Å². The van der Waals surface area contributed by atoms with Gasteiger partial charge in [-0.25, -0.2) is 4.79 Å². The molecule has 1 heterocycles. The molecule has 1 aliphatic heterocycles. The van der Waals surface area contributed by atoms with Crippen molar-refractivity contribution < 1.29 is 4.79 Å². The van der Waals surface area contributed by atoms with Gasteiger partial charge in [0.05, 0.1) is 0 Å². The maximum atomic E-state index is 12.4. The Bertz CT molecular complexity index is 666. The first-order valence-corrected chi connectivity index (χ1v) is 9.39. The van der Waals surface area contributed by atoms with Gasteiger partial charge in [0, 0.05) is 38.8 Å². The lowest BCUT2D eigenvalue weighted by molar-refractivity contribution is 0.139. The van der Waals surface area contributed by atoms with Crippen molar-refractivity contribution >= 4 is 6.03 Å². The molecule has 26 heavy (non-hydrogen) atoms. The zero-order valence-electron chi connectivity index (χ0n) is 15.3. The monoisotopic (exact) mass is 350 g/mol. The minimum atomic E-state index is -0.110. The quantitative estimate of drug-likeness (QED) is 0.869. The summed E-state index contributed by atoms with van der Waals surface area (Å²) in [6.45, 7) is 8.54. The van der Waals surface area contributed by atoms with E-state index in [-0.39, 0.29) is 12.1 Å². The molecule has 3 rings (SSSR count). The van der Waals surface area contributed by atoms with Crippen molar-refractivity contribution in [2.45, 2.75) is 18.9 Å². The Hall–Kier alpha value is -2.33. The molecule has 4 heteroatoms. The van der Waals surface area contributed by atoms with E-state index in [1.807, 2.05) is 23.1 Å². The number of hydrogen-bond acceptors (Lipinski definition) is 2. The van der Waals surface area contributed by atoms with Gasteiger partial charge in [0.25, 0.3) is 0 Å². The molecule has 1 radical (unpaired) electrons. The van der Waals surface area contributed by atoms with Gasteiger partial charge in [-0.3, -0.25) is 4.90 Å². The second-order valence-corrected chi connectivity index (χ2v) is 6.90. The van der Waals surface area contributed by atoms with Gasteiger partial charge in [-0.1, -0.05) is 60.7 Å². The van der Waals surface area contributed by atoms with E-state index >= 15 is 0 Å². The standard InChI is InChI=1S/C22H28N3O/c1-19(18-21-10-6-3-7-11-21)23-22(26)25-16-14-24(15-17-25)13-12-20-8-4-2-5-9-20/h2-11,19H,1,12-18H2,(H,23,26)/t19-/m0/s1. The van der Waals surface area contributed by atoms with E-state index in [1.165, 1.54) is 11.1 Å². The number of nitrogens with one attached hydrogen (secondary N) is 1. The van der Waals surface area contributed by atoms with E-state index in [4.69, 9.17) is 0 Å². The van der Waals surface area contributed by atoms with Crippen LogP contribution in [0.15, 0.2) is 60.7 Å². The van der Waals surface area contributed by atoms with Crippen LogP contribution in [0, 0.1) is 6.92 Å². The SMILES string of the molecule is [CH2][C@@H](Cc1ccccc1)NC(=O)N1CCN(CCc2ccccc2)CC1. The number of hydrogen-bond donors (Lipinski definition) is 1. The van der Waals surface area contributed by atoms with E-state index < -0.39 is 0 Å². The van der Waals surface area contributed by atoms with E-state index in [9.17, 15) is 4.79 Å². The van der Waals surface area contributed by atoms with Crippen LogP contribution in [0.3, 0.4) is 0 Å². The van der Waals surface area contributed by atoms with E-state index in [1.54, 1.807) is 0 Å². The predicted octanol–water partition coefficient (Wildman–Crippen LogP) is 3.00. The Kier molecular flexibility index (Phi) is 6.67. The molecule has 1 saturated heterocycles. The predicted molar refractivity (Wildman–Crippen MR) is 106 cm³/mol. The smallest absolute Gasteiger partial charge is 0.317 e. The molecular formula is C22H28N3O. The molecule has 1 aliphatic rings. The molecule has 4 nitrogen and oxygen atoms in total. The lowest BCUT2D eigenvalue weighted by atomic mass is 10.1. The second kappa shape index (κ2) is 9.39. The highest BCUT2D eigenvalue weighted by Gasteiger charge is 2.21. The van der Waals surface area contributed by atoms with Crippen LogP contribution in [-0.2, 0) is 12.8 Å². The first-order chi connectivity index (χ1) is 12.7. The van der Waals surface area contributed by atoms with Gasteiger partial charge in [0.1, 0.15) is 0 Å². The first-order valence-electron chi connectivity index (χ1n) is 9.39. The molecule has 2 amide bonds. The van der Waals surface area contributed by atoms with Gasteiger partial charge < -0.3 is 10.2 Å². The molecule has 0 aromatic heterocycles. The van der Waals surface area contributed by atoms with Crippen molar-refractivity contribution in [2.75, 3.05) is 32.7 Å². The van der Waals surface area contributed by atoms with Crippen molar-refractivity contribution in [1.29, 1.82) is 0 Å². The highest BCUT2D eigenvalue weighted by atomic mass is 16.2. The van der Waals surface area contributed by atoms with Crippen LogP contribution in [0.4, 0.5) is 4.79 Å². The lowest BCUT2D eigenvalue weighted by Gasteiger charge is -2.35. The van der Waals surface area contributed by atoms with Crippen molar-refractivity contribution in [3.8, 4) is 0 Å². The summed E-state index contributed by atoms with van der Waals surface area (Å²) in [6, 6.07) is 20.6. The van der Waals surface area contributed by atoms with Crippen molar-refractivity contribution in [1.82, 2.24) is 15.1 Å². The summed E-state index contributed by atoms with van der Waals surface area (Å²) in [5.74, 6) is 0. The second-order valence-electron chi connectivity index (χ2n) is 6.90. The fraction of sp³-hybridized carbons (Fsp3) is 0.364. The molecule has 0 spiro atoms. The topological polar surface area (TPSA) is 35.6 Å². The van der Waals surface area contributed by atoms with E-state index in [0.29, 0.717) is 0 Å². The number of piperazine rings is 1. The molecule has 1 atom stereocenters. The number of nitrogens with zero attached hydrogens (tertiary/aromatic N) is 2. The average molecular weight is 350 g/mol. The number of carbonyl (C=O) groups is 1. The summed E-state index contributed by atoms with van der Waals surface area (Å²) < 4.78 is 0. The molecule has 1 fully saturated rings.